The molecule has 4 heterocycles. The lowest BCUT2D eigenvalue weighted by molar-refractivity contribution is -0.351. The van der Waals surface area contributed by atoms with Gasteiger partial charge in [0, 0.05) is 29.5 Å². The van der Waals surface area contributed by atoms with Crippen LogP contribution < -0.4 is 22.0 Å². The van der Waals surface area contributed by atoms with Crippen LogP contribution in [0.2, 0.25) is 0 Å². The van der Waals surface area contributed by atoms with E-state index in [4.69, 9.17) is 10.3 Å². The van der Waals surface area contributed by atoms with E-state index in [1.54, 1.807) is 25.3 Å². The average Bonchev–Trinajstić information content (AvgIpc) is 3.33. The number of pyridine rings is 1. The van der Waals surface area contributed by atoms with Gasteiger partial charge in [0.25, 0.3) is 0 Å². The Hall–Kier alpha value is -4.47. The first-order valence-electron chi connectivity index (χ1n) is 9.52. The van der Waals surface area contributed by atoms with Crippen LogP contribution in [0.1, 0.15) is 11.5 Å². The average molecular weight is 416 g/mol. The molecule has 0 bridgehead atoms. The van der Waals surface area contributed by atoms with Crippen molar-refractivity contribution in [3.63, 3.8) is 0 Å². The van der Waals surface area contributed by atoms with Crippen molar-refractivity contribution in [3.8, 4) is 22.4 Å². The third-order valence-corrected chi connectivity index (χ3v) is 4.93. The first-order valence-corrected chi connectivity index (χ1v) is 9.52. The zero-order valence-corrected chi connectivity index (χ0v) is 16.5. The van der Waals surface area contributed by atoms with Crippen LogP contribution in [0.5, 0.6) is 0 Å². The number of hydrogen-bond acceptors (Lipinski definition) is 6. The fraction of sp³-hybridized carbons (Fsp3) is 0.0952. The van der Waals surface area contributed by atoms with Crippen LogP contribution in [0, 0.1) is 6.92 Å². The molecule has 1 aromatic carbocycles. The summed E-state index contributed by atoms with van der Waals surface area (Å²) in [6.07, 6.45) is 1.58. The van der Waals surface area contributed by atoms with Gasteiger partial charge < -0.3 is 9.51 Å². The molecule has 0 spiro atoms. The second-order valence-corrected chi connectivity index (χ2v) is 7.10. The van der Waals surface area contributed by atoms with Crippen molar-refractivity contribution in [2.45, 2.75) is 13.5 Å². The second kappa shape index (κ2) is 7.10. The van der Waals surface area contributed by atoms with Gasteiger partial charge in [0.05, 0.1) is 12.1 Å². The predicted molar refractivity (Wildman–Crippen MR) is 112 cm³/mol. The third kappa shape index (κ3) is 3.19. The van der Waals surface area contributed by atoms with Crippen molar-refractivity contribution in [3.05, 3.63) is 87.0 Å². The van der Waals surface area contributed by atoms with Gasteiger partial charge >= 0.3 is 11.6 Å². The lowest BCUT2D eigenvalue weighted by Gasteiger charge is -2.08. The van der Waals surface area contributed by atoms with Gasteiger partial charge in [-0.05, 0) is 13.0 Å². The number of nitrogens with two attached hydrogens (primary N) is 1. The zero-order valence-electron chi connectivity index (χ0n) is 16.5. The monoisotopic (exact) mass is 416 g/mol. The highest BCUT2D eigenvalue weighted by Crippen LogP contribution is 2.31. The van der Waals surface area contributed by atoms with Gasteiger partial charge in [-0.3, -0.25) is 10.5 Å². The maximum absolute atomic E-state index is 13.1. The number of aryl methyl sites for hydroxylation is 1. The van der Waals surface area contributed by atoms with Crippen LogP contribution in [0.15, 0.2) is 68.8 Å². The predicted octanol–water partition coefficient (Wildman–Crippen LogP) is 1.26. The van der Waals surface area contributed by atoms with Crippen LogP contribution in [-0.4, -0.2) is 24.3 Å². The fourth-order valence-corrected chi connectivity index (χ4v) is 3.55. The summed E-state index contributed by atoms with van der Waals surface area (Å²) >= 11 is 0. The number of aromatic amines is 2. The van der Waals surface area contributed by atoms with Crippen LogP contribution in [0.4, 0.5) is 5.95 Å². The Morgan fingerprint density at radius 1 is 1.13 bits per heavy atom. The lowest BCUT2D eigenvalue weighted by atomic mass is 10.0. The van der Waals surface area contributed by atoms with E-state index in [1.807, 2.05) is 30.3 Å². The molecule has 0 aliphatic heterocycles. The third-order valence-electron chi connectivity index (χ3n) is 4.93. The number of nitrogen functional groups attached to an aromatic ring is 1. The van der Waals surface area contributed by atoms with E-state index < -0.39 is 5.69 Å². The van der Waals surface area contributed by atoms with E-state index in [-0.39, 0.29) is 18.1 Å². The highest BCUT2D eigenvalue weighted by atomic mass is 16.5. The van der Waals surface area contributed by atoms with E-state index in [0.717, 1.165) is 5.56 Å². The summed E-state index contributed by atoms with van der Waals surface area (Å²) in [7, 11) is 0. The molecule has 0 aliphatic rings. The molecule has 0 aliphatic carbocycles. The minimum absolute atomic E-state index is 0.128. The maximum atomic E-state index is 13.1. The number of fused-ring (bicyclic) bond motifs is 1. The van der Waals surface area contributed by atoms with Crippen LogP contribution in [-0.2, 0) is 6.54 Å². The molecule has 0 saturated heterocycles. The standard InChI is InChI=1S/C21H17N7O3/c1-12-9-15(26-31-12)11-27-21(30)28-19(25-27)17(14-7-8-16(29)23-10-14)18(24-20(28)22)13-5-3-2-4-6-13/h2-10H,11H2,1H3,(H2,22,24)(H,23,29)/p+1. The molecule has 154 valence electrons. The minimum Gasteiger partial charge on any atom is -0.361 e. The Morgan fingerprint density at radius 3 is 2.61 bits per heavy atom. The van der Waals surface area contributed by atoms with Gasteiger partial charge in [0.15, 0.2) is 0 Å². The van der Waals surface area contributed by atoms with Crippen LogP contribution in [0.25, 0.3) is 28.0 Å². The first-order chi connectivity index (χ1) is 15.0. The van der Waals surface area contributed by atoms with Gasteiger partial charge in [-0.15, -0.1) is 9.50 Å². The molecule has 0 atom stereocenters. The van der Waals surface area contributed by atoms with Crippen LogP contribution >= 0.6 is 0 Å². The molecule has 0 saturated carbocycles. The molecule has 5 rings (SSSR count). The summed E-state index contributed by atoms with van der Waals surface area (Å²) in [5.74, 6) is 0.773. The molecule has 4 aromatic heterocycles. The number of nitrogens with zero attached hydrogens (tertiary/aromatic N) is 4. The topological polar surface area (TPSA) is 138 Å². The van der Waals surface area contributed by atoms with Crippen molar-refractivity contribution in [1.82, 2.24) is 24.3 Å². The molecule has 5 aromatic rings. The van der Waals surface area contributed by atoms with Gasteiger partial charge in [-0.1, -0.05) is 35.5 Å². The Kier molecular flexibility index (Phi) is 4.25. The summed E-state index contributed by atoms with van der Waals surface area (Å²) in [4.78, 5) is 30.5. The van der Waals surface area contributed by atoms with E-state index in [2.05, 4.69) is 20.2 Å². The molecule has 10 nitrogen and oxygen atoms in total. The molecule has 0 radical (unpaired) electrons. The highest BCUT2D eigenvalue weighted by molar-refractivity contribution is 5.88. The fourth-order valence-electron chi connectivity index (χ4n) is 3.55. The van der Waals surface area contributed by atoms with Gasteiger partial charge in [-0.2, -0.15) is 4.68 Å². The number of aromatic nitrogens is 6. The number of benzene rings is 1. The number of hydrogen-bond donors (Lipinski definition) is 2. The van der Waals surface area contributed by atoms with Crippen molar-refractivity contribution in [1.29, 1.82) is 0 Å². The molecular formula is C21H18N7O3+. The van der Waals surface area contributed by atoms with E-state index in [1.165, 1.54) is 15.1 Å². The molecule has 4 N–H and O–H groups in total. The van der Waals surface area contributed by atoms with E-state index >= 15 is 0 Å². The molecule has 0 amide bonds. The summed E-state index contributed by atoms with van der Waals surface area (Å²) < 4.78 is 7.67. The SMILES string of the molecule is Cc1cc(Cn2nc3c(-c4ccc(=O)[nH]c4)c(-c4ccccc4)[nH+]c(N)n3c2=O)no1. The van der Waals surface area contributed by atoms with Gasteiger partial charge in [0.1, 0.15) is 17.1 Å². The first kappa shape index (κ1) is 18.6. The lowest BCUT2D eigenvalue weighted by Crippen LogP contribution is -2.28. The second-order valence-electron chi connectivity index (χ2n) is 7.10. The number of H-pyrrole nitrogens is 2. The summed E-state index contributed by atoms with van der Waals surface area (Å²) in [5.41, 5.74) is 9.34. The zero-order chi connectivity index (χ0) is 21.5. The molecule has 0 fully saturated rings. The molecule has 10 heteroatoms. The Labute approximate surface area is 174 Å². The largest absolute Gasteiger partial charge is 0.411 e. The summed E-state index contributed by atoms with van der Waals surface area (Å²) in [6.45, 7) is 1.90. The quantitative estimate of drug-likeness (QED) is 0.452. The van der Waals surface area contributed by atoms with Gasteiger partial charge in [0.2, 0.25) is 11.2 Å². The van der Waals surface area contributed by atoms with E-state index in [0.29, 0.717) is 33.9 Å². The normalized spacial score (nSPS) is 11.3. The van der Waals surface area contributed by atoms with Crippen LogP contribution in [0.3, 0.4) is 0 Å². The minimum atomic E-state index is -0.422. The Morgan fingerprint density at radius 2 is 1.94 bits per heavy atom. The summed E-state index contributed by atoms with van der Waals surface area (Å²) in [5, 5.41) is 8.49. The summed E-state index contributed by atoms with van der Waals surface area (Å²) in [6, 6.07) is 14.4. The Balaban J connectivity index is 1.81. The molecular weight excluding hydrogens is 398 g/mol. The number of anilines is 1. The Bertz CT molecular complexity index is 1510. The smallest absolute Gasteiger partial charge is 0.361 e. The maximum Gasteiger partial charge on any atom is 0.411 e. The van der Waals surface area contributed by atoms with E-state index in [9.17, 15) is 9.59 Å². The molecule has 0 unspecified atom stereocenters. The van der Waals surface area contributed by atoms with Crippen molar-refractivity contribution in [2.24, 2.45) is 0 Å². The molecule has 31 heavy (non-hydrogen) atoms. The number of nitrogens with one attached hydrogen (secondary N) is 2. The van der Waals surface area contributed by atoms with Crippen molar-refractivity contribution in [2.75, 3.05) is 5.73 Å². The van der Waals surface area contributed by atoms with Crippen molar-refractivity contribution < 1.29 is 9.51 Å². The number of rotatable bonds is 4. The van der Waals surface area contributed by atoms with Crippen molar-refractivity contribution >= 4 is 11.6 Å². The highest BCUT2D eigenvalue weighted by Gasteiger charge is 2.26. The van der Waals surface area contributed by atoms with Gasteiger partial charge in [-0.25, -0.2) is 9.78 Å².